The van der Waals surface area contributed by atoms with E-state index in [1.54, 1.807) is 19.1 Å². The summed E-state index contributed by atoms with van der Waals surface area (Å²) in [6, 6.07) is 4.38. The number of hydrogen-bond donors (Lipinski definition) is 1. The minimum atomic E-state index is -0.375. The molecular weight excluding hydrogens is 193 g/mol. The molecule has 1 amide bonds. The van der Waals surface area contributed by atoms with Crippen LogP contribution in [0.25, 0.3) is 0 Å². The normalized spacial score (nSPS) is 9.40. The lowest BCUT2D eigenvalue weighted by molar-refractivity contribution is 0.0954. The van der Waals surface area contributed by atoms with Crippen molar-refractivity contribution < 1.29 is 9.18 Å². The van der Waals surface area contributed by atoms with Gasteiger partial charge in [0, 0.05) is 18.5 Å². The third kappa shape index (κ3) is 3.10. The molecule has 1 N–H and O–H groups in total. The second-order valence-corrected chi connectivity index (χ2v) is 3.17. The monoisotopic (exact) mass is 205 g/mol. The number of amides is 1. The van der Waals surface area contributed by atoms with Gasteiger partial charge in [-0.05, 0) is 24.6 Å². The van der Waals surface area contributed by atoms with Gasteiger partial charge >= 0.3 is 0 Å². The highest BCUT2D eigenvalue weighted by Crippen LogP contribution is 2.08. The fourth-order valence-electron chi connectivity index (χ4n) is 1.08. The quantitative estimate of drug-likeness (QED) is 0.592. The van der Waals surface area contributed by atoms with Crippen molar-refractivity contribution in [2.45, 2.75) is 13.3 Å². The summed E-state index contributed by atoms with van der Waals surface area (Å²) >= 11 is 0. The van der Waals surface area contributed by atoms with Gasteiger partial charge in [0.15, 0.2) is 0 Å². The highest BCUT2D eigenvalue weighted by molar-refractivity contribution is 5.94. The van der Waals surface area contributed by atoms with Gasteiger partial charge in [0.1, 0.15) is 5.82 Å². The van der Waals surface area contributed by atoms with Gasteiger partial charge < -0.3 is 5.32 Å². The number of carbonyl (C=O) groups excluding carboxylic acids is 1. The number of aryl methyl sites for hydroxylation is 1. The Bertz CT molecular complexity index is 407. The Hall–Kier alpha value is -1.82. The Morgan fingerprint density at radius 2 is 2.33 bits per heavy atom. The topological polar surface area (TPSA) is 29.1 Å². The van der Waals surface area contributed by atoms with Crippen molar-refractivity contribution in [2.24, 2.45) is 0 Å². The maximum absolute atomic E-state index is 13.1. The molecule has 0 aliphatic heterocycles. The van der Waals surface area contributed by atoms with Crippen molar-refractivity contribution in [3.63, 3.8) is 0 Å². The average molecular weight is 205 g/mol. The number of benzene rings is 1. The zero-order valence-corrected chi connectivity index (χ0v) is 8.51. The minimum absolute atomic E-state index is 0.302. The molecule has 0 bridgehead atoms. The number of carbonyl (C=O) groups is 1. The lowest BCUT2D eigenvalue weighted by Crippen LogP contribution is -2.24. The molecule has 0 unspecified atom stereocenters. The highest BCUT2D eigenvalue weighted by Gasteiger charge is 2.06. The number of halogens is 1. The molecule has 0 spiro atoms. The minimum Gasteiger partial charge on any atom is -0.351 e. The van der Waals surface area contributed by atoms with Crippen molar-refractivity contribution in [3.05, 3.63) is 35.1 Å². The van der Waals surface area contributed by atoms with Crippen LogP contribution in [-0.4, -0.2) is 12.5 Å². The zero-order valence-electron chi connectivity index (χ0n) is 8.51. The summed E-state index contributed by atoms with van der Waals surface area (Å²) < 4.78 is 13.1. The molecule has 0 saturated carbocycles. The number of terminal acetylenes is 1. The van der Waals surface area contributed by atoms with Crippen LogP contribution in [0.3, 0.4) is 0 Å². The SMILES string of the molecule is C#CCCNC(=O)c1ccc(C)c(F)c1. The zero-order chi connectivity index (χ0) is 11.3. The van der Waals surface area contributed by atoms with Crippen molar-refractivity contribution in [1.82, 2.24) is 5.32 Å². The third-order valence-corrected chi connectivity index (χ3v) is 1.99. The summed E-state index contributed by atoms with van der Waals surface area (Å²) in [4.78, 5) is 11.4. The van der Waals surface area contributed by atoms with E-state index in [0.29, 0.717) is 24.1 Å². The molecule has 0 saturated heterocycles. The van der Waals surface area contributed by atoms with Crippen molar-refractivity contribution >= 4 is 5.91 Å². The Morgan fingerprint density at radius 1 is 1.60 bits per heavy atom. The van der Waals surface area contributed by atoms with Crippen LogP contribution < -0.4 is 5.32 Å². The molecule has 1 aromatic rings. The Kier molecular flexibility index (Phi) is 3.87. The second-order valence-electron chi connectivity index (χ2n) is 3.17. The molecule has 1 rings (SSSR count). The van der Waals surface area contributed by atoms with E-state index in [1.165, 1.54) is 6.07 Å². The standard InChI is InChI=1S/C12H12FNO/c1-3-4-7-14-12(15)10-6-5-9(2)11(13)8-10/h1,5-6,8H,4,7H2,2H3,(H,14,15). The molecule has 1 aromatic carbocycles. The largest absolute Gasteiger partial charge is 0.351 e. The van der Waals surface area contributed by atoms with E-state index in [2.05, 4.69) is 11.2 Å². The smallest absolute Gasteiger partial charge is 0.251 e. The van der Waals surface area contributed by atoms with Gasteiger partial charge in [-0.15, -0.1) is 12.3 Å². The molecule has 78 valence electrons. The van der Waals surface area contributed by atoms with Gasteiger partial charge in [-0.3, -0.25) is 4.79 Å². The van der Waals surface area contributed by atoms with Gasteiger partial charge in [-0.2, -0.15) is 0 Å². The molecule has 3 heteroatoms. The Balaban J connectivity index is 2.67. The first-order valence-electron chi connectivity index (χ1n) is 4.63. The van der Waals surface area contributed by atoms with Crippen molar-refractivity contribution in [3.8, 4) is 12.3 Å². The van der Waals surface area contributed by atoms with Gasteiger partial charge in [0.05, 0.1) is 0 Å². The van der Waals surface area contributed by atoms with Crippen LogP contribution in [0.2, 0.25) is 0 Å². The lowest BCUT2D eigenvalue weighted by Gasteiger charge is -2.04. The fourth-order valence-corrected chi connectivity index (χ4v) is 1.08. The van der Waals surface area contributed by atoms with Gasteiger partial charge in [-0.25, -0.2) is 4.39 Å². The van der Waals surface area contributed by atoms with Crippen LogP contribution in [-0.2, 0) is 0 Å². The number of nitrogens with one attached hydrogen (secondary N) is 1. The van der Waals surface area contributed by atoms with E-state index >= 15 is 0 Å². The molecule has 0 atom stereocenters. The first-order valence-corrected chi connectivity index (χ1v) is 4.63. The van der Waals surface area contributed by atoms with Crippen molar-refractivity contribution in [2.75, 3.05) is 6.54 Å². The van der Waals surface area contributed by atoms with E-state index in [4.69, 9.17) is 6.42 Å². The highest BCUT2D eigenvalue weighted by atomic mass is 19.1. The predicted octanol–water partition coefficient (Wildman–Crippen LogP) is 1.89. The Morgan fingerprint density at radius 3 is 2.93 bits per heavy atom. The average Bonchev–Trinajstić information content (AvgIpc) is 2.22. The van der Waals surface area contributed by atoms with E-state index in [-0.39, 0.29) is 11.7 Å². The first-order chi connectivity index (χ1) is 7.15. The lowest BCUT2D eigenvalue weighted by atomic mass is 10.1. The molecular formula is C12H12FNO. The first kappa shape index (κ1) is 11.3. The van der Waals surface area contributed by atoms with E-state index in [1.807, 2.05) is 0 Å². The molecule has 0 heterocycles. The molecule has 0 radical (unpaired) electrons. The maximum Gasteiger partial charge on any atom is 0.251 e. The summed E-state index contributed by atoms with van der Waals surface area (Å²) in [5.41, 5.74) is 0.838. The fraction of sp³-hybridized carbons (Fsp3) is 0.250. The van der Waals surface area contributed by atoms with Crippen LogP contribution in [0.1, 0.15) is 22.3 Å². The number of rotatable bonds is 3. The van der Waals surface area contributed by atoms with Gasteiger partial charge in [0.2, 0.25) is 0 Å². The van der Waals surface area contributed by atoms with Crippen LogP contribution in [0.15, 0.2) is 18.2 Å². The van der Waals surface area contributed by atoms with Gasteiger partial charge in [-0.1, -0.05) is 6.07 Å². The molecule has 0 aliphatic rings. The molecule has 2 nitrogen and oxygen atoms in total. The van der Waals surface area contributed by atoms with Crippen LogP contribution in [0.5, 0.6) is 0 Å². The molecule has 0 fully saturated rings. The van der Waals surface area contributed by atoms with E-state index in [0.717, 1.165) is 0 Å². The van der Waals surface area contributed by atoms with Crippen molar-refractivity contribution in [1.29, 1.82) is 0 Å². The second kappa shape index (κ2) is 5.16. The summed E-state index contributed by atoms with van der Waals surface area (Å²) in [7, 11) is 0. The molecule has 0 aromatic heterocycles. The number of hydrogen-bond acceptors (Lipinski definition) is 1. The van der Waals surface area contributed by atoms with Crippen LogP contribution >= 0.6 is 0 Å². The molecule has 0 aliphatic carbocycles. The van der Waals surface area contributed by atoms with E-state index in [9.17, 15) is 9.18 Å². The molecule has 15 heavy (non-hydrogen) atoms. The summed E-state index contributed by atoms with van der Waals surface area (Å²) in [5.74, 6) is 1.73. The van der Waals surface area contributed by atoms with E-state index < -0.39 is 0 Å². The van der Waals surface area contributed by atoms with Gasteiger partial charge in [0.25, 0.3) is 5.91 Å². The third-order valence-electron chi connectivity index (χ3n) is 1.99. The summed E-state index contributed by atoms with van der Waals surface area (Å²) in [6.07, 6.45) is 5.51. The Labute approximate surface area is 88.5 Å². The summed E-state index contributed by atoms with van der Waals surface area (Å²) in [5, 5.41) is 2.60. The summed E-state index contributed by atoms with van der Waals surface area (Å²) in [6.45, 7) is 2.06. The maximum atomic E-state index is 13.1. The van der Waals surface area contributed by atoms with Crippen LogP contribution in [0.4, 0.5) is 4.39 Å². The van der Waals surface area contributed by atoms with Crippen LogP contribution in [0, 0.1) is 25.1 Å². The predicted molar refractivity (Wildman–Crippen MR) is 56.9 cm³/mol.